The lowest BCUT2D eigenvalue weighted by atomic mass is 9.90. The molecule has 0 aliphatic carbocycles. The fraction of sp³-hybridized carbons (Fsp3) is 1.00. The summed E-state index contributed by atoms with van der Waals surface area (Å²) in [4.78, 5) is 0. The summed E-state index contributed by atoms with van der Waals surface area (Å²) < 4.78 is 11.4. The van der Waals surface area contributed by atoms with Gasteiger partial charge in [0.1, 0.15) is 0 Å². The van der Waals surface area contributed by atoms with Crippen LogP contribution in [0.1, 0.15) is 65.2 Å². The molecule has 0 aromatic carbocycles. The average Bonchev–Trinajstić information content (AvgIpc) is 2.29. The molecule has 2 unspecified atom stereocenters. The van der Waals surface area contributed by atoms with Gasteiger partial charge in [0, 0.05) is 20.1 Å². The van der Waals surface area contributed by atoms with Gasteiger partial charge in [-0.25, -0.2) is 0 Å². The van der Waals surface area contributed by atoms with E-state index in [-0.39, 0.29) is 5.60 Å². The topological polar surface area (TPSA) is 18.5 Å². The van der Waals surface area contributed by atoms with Crippen LogP contribution >= 0.6 is 0 Å². The van der Waals surface area contributed by atoms with E-state index in [4.69, 9.17) is 9.47 Å². The van der Waals surface area contributed by atoms with Crippen LogP contribution in [0.2, 0.25) is 0 Å². The van der Waals surface area contributed by atoms with E-state index in [2.05, 4.69) is 13.8 Å². The van der Waals surface area contributed by atoms with Crippen molar-refractivity contribution in [3.05, 3.63) is 0 Å². The second kappa shape index (κ2) is 7.29. The number of unbranched alkanes of at least 4 members (excludes halogenated alkanes) is 4. The van der Waals surface area contributed by atoms with Crippen LogP contribution in [0, 0.1) is 0 Å². The maximum absolute atomic E-state index is 5.80. The van der Waals surface area contributed by atoms with Crippen molar-refractivity contribution in [1.82, 2.24) is 0 Å². The first-order chi connectivity index (χ1) is 7.70. The van der Waals surface area contributed by atoms with Gasteiger partial charge >= 0.3 is 0 Å². The molecule has 0 saturated carbocycles. The molecule has 2 nitrogen and oxygen atoms in total. The second-order valence-corrected chi connectivity index (χ2v) is 5.30. The summed E-state index contributed by atoms with van der Waals surface area (Å²) >= 11 is 0. The Morgan fingerprint density at radius 1 is 1.25 bits per heavy atom. The van der Waals surface area contributed by atoms with Gasteiger partial charge in [0.2, 0.25) is 0 Å². The van der Waals surface area contributed by atoms with E-state index in [0.29, 0.717) is 6.10 Å². The second-order valence-electron chi connectivity index (χ2n) is 5.30. The molecular weight excluding hydrogens is 200 g/mol. The van der Waals surface area contributed by atoms with Crippen molar-refractivity contribution >= 4 is 0 Å². The monoisotopic (exact) mass is 228 g/mol. The van der Waals surface area contributed by atoms with Gasteiger partial charge in [-0.05, 0) is 19.8 Å². The van der Waals surface area contributed by atoms with E-state index in [0.717, 1.165) is 19.4 Å². The van der Waals surface area contributed by atoms with Gasteiger partial charge in [0.25, 0.3) is 0 Å². The lowest BCUT2D eigenvalue weighted by Crippen LogP contribution is -2.39. The number of methoxy groups -OCH3 is 1. The Bertz CT molecular complexity index is 182. The van der Waals surface area contributed by atoms with Crippen molar-refractivity contribution in [3.63, 3.8) is 0 Å². The third-order valence-electron chi connectivity index (χ3n) is 3.77. The Labute approximate surface area is 101 Å². The summed E-state index contributed by atoms with van der Waals surface area (Å²) in [6, 6.07) is 0. The fourth-order valence-electron chi connectivity index (χ4n) is 2.43. The van der Waals surface area contributed by atoms with Crippen LogP contribution in [-0.2, 0) is 9.47 Å². The maximum Gasteiger partial charge on any atom is 0.0697 e. The molecule has 0 N–H and O–H groups in total. The summed E-state index contributed by atoms with van der Waals surface area (Å²) in [7, 11) is 1.82. The van der Waals surface area contributed by atoms with E-state index in [1.165, 1.54) is 38.5 Å². The maximum atomic E-state index is 5.80. The summed E-state index contributed by atoms with van der Waals surface area (Å²) in [5.74, 6) is 0. The molecule has 0 spiro atoms. The van der Waals surface area contributed by atoms with Crippen molar-refractivity contribution in [2.24, 2.45) is 0 Å². The highest BCUT2D eigenvalue weighted by Crippen LogP contribution is 2.29. The SMILES string of the molecule is CCCCCCCC1CC(C)(OC)CCO1. The van der Waals surface area contributed by atoms with Gasteiger partial charge in [-0.3, -0.25) is 0 Å². The largest absolute Gasteiger partial charge is 0.378 e. The highest BCUT2D eigenvalue weighted by atomic mass is 16.5. The van der Waals surface area contributed by atoms with Crippen molar-refractivity contribution in [1.29, 1.82) is 0 Å². The third-order valence-corrected chi connectivity index (χ3v) is 3.77. The van der Waals surface area contributed by atoms with Crippen molar-refractivity contribution in [2.45, 2.75) is 76.9 Å². The molecule has 1 fully saturated rings. The van der Waals surface area contributed by atoms with E-state index >= 15 is 0 Å². The molecular formula is C14H28O2. The summed E-state index contributed by atoms with van der Waals surface area (Å²) in [5, 5.41) is 0. The molecule has 0 aromatic rings. The van der Waals surface area contributed by atoms with Gasteiger partial charge in [-0.15, -0.1) is 0 Å². The Hall–Kier alpha value is -0.0800. The Morgan fingerprint density at radius 2 is 2.00 bits per heavy atom. The normalized spacial score (nSPS) is 30.6. The van der Waals surface area contributed by atoms with E-state index < -0.39 is 0 Å². The van der Waals surface area contributed by atoms with Gasteiger partial charge < -0.3 is 9.47 Å². The average molecular weight is 228 g/mol. The minimum atomic E-state index is 0.0618. The molecule has 1 aliphatic heterocycles. The standard InChI is InChI=1S/C14H28O2/c1-4-5-6-7-8-9-13-12-14(2,15-3)10-11-16-13/h13H,4-12H2,1-3H3. The van der Waals surface area contributed by atoms with E-state index in [1.54, 1.807) is 0 Å². The molecule has 0 bridgehead atoms. The molecule has 16 heavy (non-hydrogen) atoms. The number of hydrogen-bond acceptors (Lipinski definition) is 2. The van der Waals surface area contributed by atoms with Crippen molar-refractivity contribution in [3.8, 4) is 0 Å². The first-order valence-electron chi connectivity index (χ1n) is 6.87. The minimum Gasteiger partial charge on any atom is -0.378 e. The van der Waals surface area contributed by atoms with Crippen LogP contribution in [0.3, 0.4) is 0 Å². The Kier molecular flexibility index (Phi) is 6.37. The van der Waals surface area contributed by atoms with Crippen molar-refractivity contribution < 1.29 is 9.47 Å². The quantitative estimate of drug-likeness (QED) is 0.615. The van der Waals surface area contributed by atoms with Crippen LogP contribution < -0.4 is 0 Å². The predicted molar refractivity (Wildman–Crippen MR) is 67.8 cm³/mol. The molecule has 1 aliphatic rings. The van der Waals surface area contributed by atoms with Gasteiger partial charge in [0.15, 0.2) is 0 Å². The molecule has 96 valence electrons. The molecule has 1 heterocycles. The molecule has 2 heteroatoms. The van der Waals surface area contributed by atoms with Crippen LogP contribution in [0.15, 0.2) is 0 Å². The molecule has 0 radical (unpaired) electrons. The predicted octanol–water partition coefficient (Wildman–Crippen LogP) is 3.93. The zero-order valence-corrected chi connectivity index (χ0v) is 11.3. The number of rotatable bonds is 7. The van der Waals surface area contributed by atoms with Crippen LogP contribution in [0.25, 0.3) is 0 Å². The fourth-order valence-corrected chi connectivity index (χ4v) is 2.43. The Morgan fingerprint density at radius 3 is 2.69 bits per heavy atom. The van der Waals surface area contributed by atoms with E-state index in [1.807, 2.05) is 7.11 Å². The number of ether oxygens (including phenoxy) is 2. The van der Waals surface area contributed by atoms with E-state index in [9.17, 15) is 0 Å². The zero-order valence-electron chi connectivity index (χ0n) is 11.3. The van der Waals surface area contributed by atoms with Crippen LogP contribution in [0.4, 0.5) is 0 Å². The van der Waals surface area contributed by atoms with Gasteiger partial charge in [0.05, 0.1) is 11.7 Å². The highest BCUT2D eigenvalue weighted by Gasteiger charge is 2.32. The summed E-state index contributed by atoms with van der Waals surface area (Å²) in [5.41, 5.74) is 0.0618. The molecule has 1 saturated heterocycles. The van der Waals surface area contributed by atoms with Gasteiger partial charge in [-0.2, -0.15) is 0 Å². The summed E-state index contributed by atoms with van der Waals surface area (Å²) in [6.45, 7) is 5.33. The van der Waals surface area contributed by atoms with Crippen LogP contribution in [0.5, 0.6) is 0 Å². The lowest BCUT2D eigenvalue weighted by molar-refractivity contribution is -0.114. The Balaban J connectivity index is 2.12. The lowest BCUT2D eigenvalue weighted by Gasteiger charge is -2.37. The number of hydrogen-bond donors (Lipinski definition) is 0. The third kappa shape index (κ3) is 4.84. The van der Waals surface area contributed by atoms with Crippen molar-refractivity contribution in [2.75, 3.05) is 13.7 Å². The first-order valence-corrected chi connectivity index (χ1v) is 6.87. The molecule has 0 amide bonds. The molecule has 2 atom stereocenters. The highest BCUT2D eigenvalue weighted by molar-refractivity contribution is 4.83. The minimum absolute atomic E-state index is 0.0618. The zero-order chi connectivity index (χ0) is 11.9. The smallest absolute Gasteiger partial charge is 0.0697 e. The molecule has 0 aromatic heterocycles. The van der Waals surface area contributed by atoms with Gasteiger partial charge in [-0.1, -0.05) is 39.0 Å². The summed E-state index contributed by atoms with van der Waals surface area (Å²) in [6.07, 6.45) is 10.5. The van der Waals surface area contributed by atoms with Crippen LogP contribution in [-0.4, -0.2) is 25.4 Å². The first kappa shape index (κ1) is 14.0. The molecule has 1 rings (SSSR count).